The molecule has 0 saturated heterocycles. The van der Waals surface area contributed by atoms with Crippen LogP contribution >= 0.6 is 0 Å². The van der Waals surface area contributed by atoms with Crippen molar-refractivity contribution in [3.63, 3.8) is 0 Å². The van der Waals surface area contributed by atoms with E-state index in [9.17, 15) is 4.79 Å². The Morgan fingerprint density at radius 2 is 1.89 bits per heavy atom. The molecular weight excluding hydrogens is 342 g/mol. The van der Waals surface area contributed by atoms with Crippen LogP contribution in [0.1, 0.15) is 48.1 Å². The number of carbonyl (C=O) groups is 1. The summed E-state index contributed by atoms with van der Waals surface area (Å²) >= 11 is 0. The summed E-state index contributed by atoms with van der Waals surface area (Å²) in [6, 6.07) is 9.47. The first kappa shape index (κ1) is 20.3. The van der Waals surface area contributed by atoms with Crippen LogP contribution in [0, 0.1) is 16.7 Å². The minimum absolute atomic E-state index is 0.00770. The molecule has 7 heteroatoms. The van der Waals surface area contributed by atoms with Gasteiger partial charge in [-0.1, -0.05) is 45.0 Å². The third-order valence-corrected chi connectivity index (χ3v) is 3.82. The van der Waals surface area contributed by atoms with E-state index >= 15 is 0 Å². The zero-order valence-corrected chi connectivity index (χ0v) is 15.9. The van der Waals surface area contributed by atoms with E-state index < -0.39 is 0 Å². The number of rotatable bonds is 7. The molecule has 0 spiro atoms. The van der Waals surface area contributed by atoms with Crippen molar-refractivity contribution in [2.75, 3.05) is 18.4 Å². The van der Waals surface area contributed by atoms with Crippen molar-refractivity contribution in [2.45, 2.75) is 33.8 Å². The Bertz CT molecular complexity index is 820. The summed E-state index contributed by atoms with van der Waals surface area (Å²) in [5.74, 6) is 0.0936. The number of anilines is 1. The summed E-state index contributed by atoms with van der Waals surface area (Å²) in [7, 11) is 0. The van der Waals surface area contributed by atoms with Crippen molar-refractivity contribution in [2.24, 2.45) is 5.41 Å². The molecule has 7 nitrogen and oxygen atoms in total. The number of aromatic nitrogens is 2. The second kappa shape index (κ2) is 9.10. The van der Waals surface area contributed by atoms with Gasteiger partial charge in [-0.25, -0.2) is 9.97 Å². The topological polar surface area (TPSA) is 111 Å². The van der Waals surface area contributed by atoms with Gasteiger partial charge in [-0.3, -0.25) is 4.79 Å². The highest BCUT2D eigenvalue weighted by Crippen LogP contribution is 2.17. The number of nitriles is 1. The van der Waals surface area contributed by atoms with Crippen LogP contribution in [0.3, 0.4) is 0 Å². The molecule has 2 rings (SSSR count). The van der Waals surface area contributed by atoms with Gasteiger partial charge < -0.3 is 15.7 Å². The van der Waals surface area contributed by atoms with Gasteiger partial charge in [0.2, 0.25) is 5.82 Å². The van der Waals surface area contributed by atoms with Gasteiger partial charge in [0.25, 0.3) is 5.91 Å². The maximum atomic E-state index is 12.5. The fourth-order valence-corrected chi connectivity index (χ4v) is 2.31. The molecule has 2 aromatic rings. The third-order valence-electron chi connectivity index (χ3n) is 3.82. The van der Waals surface area contributed by atoms with Crippen LogP contribution in [0.15, 0.2) is 30.5 Å². The van der Waals surface area contributed by atoms with Crippen LogP contribution in [-0.4, -0.2) is 34.1 Å². The van der Waals surface area contributed by atoms with E-state index in [1.54, 1.807) is 0 Å². The van der Waals surface area contributed by atoms with E-state index in [2.05, 4.69) is 41.4 Å². The molecule has 0 aliphatic rings. The smallest absolute Gasteiger partial charge is 0.256 e. The number of hydrogen-bond donors (Lipinski definition) is 3. The van der Waals surface area contributed by atoms with E-state index in [0.717, 1.165) is 11.1 Å². The van der Waals surface area contributed by atoms with Crippen LogP contribution in [0.25, 0.3) is 0 Å². The average Bonchev–Trinajstić information content (AvgIpc) is 2.66. The Morgan fingerprint density at radius 1 is 1.22 bits per heavy atom. The molecule has 0 atom stereocenters. The van der Waals surface area contributed by atoms with Gasteiger partial charge in [-0.05, 0) is 23.0 Å². The molecule has 142 valence electrons. The lowest BCUT2D eigenvalue weighted by molar-refractivity contribution is 0.0954. The SMILES string of the molecule is CC(C)(C)CNc1nc(C#N)ncc1C(=O)NCCc1ccc(CO)cc1. The normalized spacial score (nSPS) is 10.9. The molecular formula is C20H25N5O2. The molecule has 1 heterocycles. The van der Waals surface area contributed by atoms with Gasteiger partial charge in [-0.15, -0.1) is 0 Å². The van der Waals surface area contributed by atoms with Crippen LogP contribution in [-0.2, 0) is 13.0 Å². The van der Waals surface area contributed by atoms with Gasteiger partial charge >= 0.3 is 0 Å². The number of aliphatic hydroxyl groups excluding tert-OH is 1. The molecule has 3 N–H and O–H groups in total. The summed E-state index contributed by atoms with van der Waals surface area (Å²) in [6.45, 7) is 7.26. The Balaban J connectivity index is 2.02. The Morgan fingerprint density at radius 3 is 2.48 bits per heavy atom. The first-order chi connectivity index (χ1) is 12.8. The van der Waals surface area contributed by atoms with Crippen molar-refractivity contribution in [3.8, 4) is 6.07 Å². The second-order valence-electron chi connectivity index (χ2n) is 7.46. The molecule has 0 radical (unpaired) electrons. The van der Waals surface area contributed by atoms with E-state index in [4.69, 9.17) is 10.4 Å². The molecule has 0 bridgehead atoms. The van der Waals surface area contributed by atoms with Crippen LogP contribution in [0.4, 0.5) is 5.82 Å². The van der Waals surface area contributed by atoms with Crippen molar-refractivity contribution in [3.05, 3.63) is 53.0 Å². The number of carbonyl (C=O) groups excluding carboxylic acids is 1. The quantitative estimate of drug-likeness (QED) is 0.692. The highest BCUT2D eigenvalue weighted by atomic mass is 16.3. The molecule has 0 saturated carbocycles. The maximum Gasteiger partial charge on any atom is 0.256 e. The first-order valence-corrected chi connectivity index (χ1v) is 8.80. The van der Waals surface area contributed by atoms with Gasteiger partial charge in [0.05, 0.1) is 6.61 Å². The maximum absolute atomic E-state index is 12.5. The highest BCUT2D eigenvalue weighted by molar-refractivity contribution is 5.98. The van der Waals surface area contributed by atoms with E-state index in [1.165, 1.54) is 6.20 Å². The molecule has 0 aliphatic heterocycles. The van der Waals surface area contributed by atoms with Gasteiger partial charge in [0, 0.05) is 19.3 Å². The largest absolute Gasteiger partial charge is 0.392 e. The van der Waals surface area contributed by atoms with E-state index in [0.29, 0.717) is 30.9 Å². The Kier molecular flexibility index (Phi) is 6.85. The molecule has 1 aromatic heterocycles. The molecule has 1 aromatic carbocycles. The zero-order valence-electron chi connectivity index (χ0n) is 15.9. The van der Waals surface area contributed by atoms with E-state index in [-0.39, 0.29) is 23.8 Å². The highest BCUT2D eigenvalue weighted by Gasteiger charge is 2.17. The third kappa shape index (κ3) is 6.35. The van der Waals surface area contributed by atoms with Crippen LogP contribution in [0.5, 0.6) is 0 Å². The summed E-state index contributed by atoms with van der Waals surface area (Å²) in [6.07, 6.45) is 2.04. The molecule has 0 unspecified atom stereocenters. The van der Waals surface area contributed by atoms with Crippen LogP contribution in [0.2, 0.25) is 0 Å². The lowest BCUT2D eigenvalue weighted by atomic mass is 9.97. The zero-order chi connectivity index (χ0) is 19.9. The molecule has 0 fully saturated rings. The second-order valence-corrected chi connectivity index (χ2v) is 7.46. The Labute approximate surface area is 159 Å². The van der Waals surface area contributed by atoms with Gasteiger partial charge in [0.15, 0.2) is 0 Å². The summed E-state index contributed by atoms with van der Waals surface area (Å²) < 4.78 is 0. The molecule has 0 aliphatic carbocycles. The summed E-state index contributed by atoms with van der Waals surface area (Å²) in [5.41, 5.74) is 2.22. The van der Waals surface area contributed by atoms with Crippen molar-refractivity contribution >= 4 is 11.7 Å². The number of hydrogen-bond acceptors (Lipinski definition) is 6. The number of nitrogens with zero attached hydrogens (tertiary/aromatic N) is 3. The minimum Gasteiger partial charge on any atom is -0.392 e. The average molecular weight is 367 g/mol. The van der Waals surface area contributed by atoms with Gasteiger partial charge in [0.1, 0.15) is 17.5 Å². The Hall–Kier alpha value is -2.98. The first-order valence-electron chi connectivity index (χ1n) is 8.80. The van der Waals surface area contributed by atoms with Gasteiger partial charge in [-0.2, -0.15) is 5.26 Å². The fourth-order valence-electron chi connectivity index (χ4n) is 2.31. The summed E-state index contributed by atoms with van der Waals surface area (Å²) in [5, 5.41) is 24.1. The monoisotopic (exact) mass is 367 g/mol. The molecule has 27 heavy (non-hydrogen) atoms. The number of amides is 1. The number of aliphatic hydroxyl groups is 1. The number of benzene rings is 1. The number of nitrogens with one attached hydrogen (secondary N) is 2. The summed E-state index contributed by atoms with van der Waals surface area (Å²) in [4.78, 5) is 20.6. The molecule has 1 amide bonds. The van der Waals surface area contributed by atoms with Crippen molar-refractivity contribution in [1.82, 2.24) is 15.3 Å². The standard InChI is InChI=1S/C20H25N5O2/c1-20(2,3)13-24-18-16(11-23-17(10-21)25-18)19(27)22-9-8-14-4-6-15(12-26)7-5-14/h4-7,11,26H,8-9,12-13H2,1-3H3,(H,22,27)(H,23,24,25). The lowest BCUT2D eigenvalue weighted by Gasteiger charge is -2.20. The minimum atomic E-state index is -0.289. The predicted octanol–water partition coefficient (Wildman–Crippen LogP) is 2.27. The fraction of sp³-hybridized carbons (Fsp3) is 0.400. The predicted molar refractivity (Wildman–Crippen MR) is 103 cm³/mol. The van der Waals surface area contributed by atoms with Crippen molar-refractivity contribution < 1.29 is 9.90 Å². The lowest BCUT2D eigenvalue weighted by Crippen LogP contribution is -2.28. The van der Waals surface area contributed by atoms with Crippen LogP contribution < -0.4 is 10.6 Å². The van der Waals surface area contributed by atoms with E-state index in [1.807, 2.05) is 30.3 Å². The van der Waals surface area contributed by atoms with Crippen molar-refractivity contribution in [1.29, 1.82) is 5.26 Å².